The van der Waals surface area contributed by atoms with Gasteiger partial charge in [-0.05, 0) is 54.6 Å². The Balaban J connectivity index is 1.62. The summed E-state index contributed by atoms with van der Waals surface area (Å²) < 4.78 is 42.5. The van der Waals surface area contributed by atoms with E-state index in [0.29, 0.717) is 26.8 Å². The molecular formula is C21H13BrF3N3O. The maximum atomic E-state index is 13.9. The smallest absolute Gasteiger partial charge is 0.320 e. The van der Waals surface area contributed by atoms with Crippen LogP contribution in [0, 0.1) is 5.82 Å². The largest absolute Gasteiger partial charge is 0.322 e. The third-order valence-electron chi connectivity index (χ3n) is 4.37. The Morgan fingerprint density at radius 3 is 2.45 bits per heavy atom. The van der Waals surface area contributed by atoms with Gasteiger partial charge in [0.15, 0.2) is 0 Å². The number of anilines is 1. The van der Waals surface area contributed by atoms with E-state index in [0.717, 1.165) is 4.57 Å². The molecule has 4 nitrogen and oxygen atoms in total. The summed E-state index contributed by atoms with van der Waals surface area (Å²) in [6.45, 7) is -2.75. The van der Waals surface area contributed by atoms with E-state index < -0.39 is 18.3 Å². The van der Waals surface area contributed by atoms with Crippen molar-refractivity contribution in [3.8, 4) is 11.4 Å². The van der Waals surface area contributed by atoms with Crippen LogP contribution in [0.5, 0.6) is 0 Å². The van der Waals surface area contributed by atoms with Crippen LogP contribution in [-0.4, -0.2) is 15.5 Å². The lowest BCUT2D eigenvalue weighted by molar-refractivity contribution is 0.0764. The molecule has 1 aromatic heterocycles. The quantitative estimate of drug-likeness (QED) is 0.391. The number of fused-ring (bicyclic) bond motifs is 1. The molecule has 8 heteroatoms. The van der Waals surface area contributed by atoms with Crippen LogP contribution in [-0.2, 0) is 0 Å². The molecule has 0 atom stereocenters. The van der Waals surface area contributed by atoms with Crippen molar-refractivity contribution in [2.24, 2.45) is 0 Å². The summed E-state index contributed by atoms with van der Waals surface area (Å²) in [5, 5.41) is 2.59. The number of rotatable bonds is 4. The zero-order chi connectivity index (χ0) is 20.5. The van der Waals surface area contributed by atoms with Crippen LogP contribution in [0.1, 0.15) is 16.9 Å². The van der Waals surface area contributed by atoms with Crippen LogP contribution >= 0.6 is 15.9 Å². The first-order valence-corrected chi connectivity index (χ1v) is 9.35. The van der Waals surface area contributed by atoms with E-state index in [1.54, 1.807) is 54.6 Å². The van der Waals surface area contributed by atoms with Crippen molar-refractivity contribution in [3.63, 3.8) is 0 Å². The third kappa shape index (κ3) is 3.75. The van der Waals surface area contributed by atoms with Gasteiger partial charge in [0.05, 0.1) is 16.6 Å². The zero-order valence-electron chi connectivity index (χ0n) is 14.7. The molecule has 146 valence electrons. The Morgan fingerprint density at radius 1 is 1.03 bits per heavy atom. The lowest BCUT2D eigenvalue weighted by Crippen LogP contribution is -2.13. The molecule has 0 aliphatic rings. The van der Waals surface area contributed by atoms with Crippen LogP contribution in [0.3, 0.4) is 0 Å². The van der Waals surface area contributed by atoms with Gasteiger partial charge in [0, 0.05) is 15.7 Å². The molecule has 4 rings (SSSR count). The highest BCUT2D eigenvalue weighted by Crippen LogP contribution is 2.30. The van der Waals surface area contributed by atoms with Crippen molar-refractivity contribution in [1.29, 1.82) is 0 Å². The molecule has 1 amide bonds. The number of alkyl halides is 2. The first-order chi connectivity index (χ1) is 13.9. The molecule has 29 heavy (non-hydrogen) atoms. The van der Waals surface area contributed by atoms with E-state index in [1.165, 1.54) is 12.1 Å². The fourth-order valence-electron chi connectivity index (χ4n) is 3.02. The van der Waals surface area contributed by atoms with E-state index in [9.17, 15) is 18.0 Å². The van der Waals surface area contributed by atoms with Gasteiger partial charge in [0.2, 0.25) is 0 Å². The highest BCUT2D eigenvalue weighted by molar-refractivity contribution is 9.10. The fraction of sp³-hybridized carbons (Fsp3) is 0.0476. The Hall–Kier alpha value is -3.13. The van der Waals surface area contributed by atoms with Crippen molar-refractivity contribution in [2.45, 2.75) is 6.55 Å². The van der Waals surface area contributed by atoms with Gasteiger partial charge in [-0.3, -0.25) is 9.36 Å². The Bertz CT molecular complexity index is 1210. The predicted molar refractivity (Wildman–Crippen MR) is 108 cm³/mol. The van der Waals surface area contributed by atoms with Crippen molar-refractivity contribution in [3.05, 3.63) is 82.6 Å². The minimum absolute atomic E-state index is 0.100. The summed E-state index contributed by atoms with van der Waals surface area (Å²) in [7, 11) is 0. The zero-order valence-corrected chi connectivity index (χ0v) is 16.3. The second kappa shape index (κ2) is 7.71. The summed E-state index contributed by atoms with van der Waals surface area (Å²) in [5.74, 6) is -1.14. The number of imidazole rings is 1. The topological polar surface area (TPSA) is 46.9 Å². The molecule has 0 aliphatic heterocycles. The lowest BCUT2D eigenvalue weighted by atomic mass is 10.1. The molecule has 0 fully saturated rings. The average Bonchev–Trinajstić information content (AvgIpc) is 3.08. The number of carbonyl (C=O) groups excluding carboxylic acids is 1. The van der Waals surface area contributed by atoms with E-state index in [4.69, 9.17) is 0 Å². The highest BCUT2D eigenvalue weighted by atomic mass is 79.9. The van der Waals surface area contributed by atoms with Crippen molar-refractivity contribution in [2.75, 3.05) is 5.32 Å². The first kappa shape index (κ1) is 19.2. The minimum atomic E-state index is -2.75. The molecule has 0 aliphatic carbocycles. The number of nitrogens with one attached hydrogen (secondary N) is 1. The number of amides is 1. The van der Waals surface area contributed by atoms with Gasteiger partial charge in [0.1, 0.15) is 11.6 Å². The number of halogens is 4. The van der Waals surface area contributed by atoms with E-state index in [-0.39, 0.29) is 11.4 Å². The van der Waals surface area contributed by atoms with E-state index in [2.05, 4.69) is 26.2 Å². The SMILES string of the molecule is O=C(Nc1ccc(-c2nc3ccccc3n2C(F)F)cc1)c1ccc(Br)cc1F. The number of para-hydroxylation sites is 2. The molecule has 0 spiro atoms. The Kier molecular flexibility index (Phi) is 5.10. The van der Waals surface area contributed by atoms with Crippen LogP contribution in [0.2, 0.25) is 0 Å². The number of benzene rings is 3. The molecule has 0 bridgehead atoms. The molecule has 0 saturated carbocycles. The molecule has 1 heterocycles. The normalized spacial score (nSPS) is 11.2. The van der Waals surface area contributed by atoms with Crippen LogP contribution in [0.15, 0.2) is 71.2 Å². The highest BCUT2D eigenvalue weighted by Gasteiger charge is 2.19. The van der Waals surface area contributed by atoms with Gasteiger partial charge < -0.3 is 5.32 Å². The molecular weight excluding hydrogens is 447 g/mol. The minimum Gasteiger partial charge on any atom is -0.322 e. The van der Waals surface area contributed by atoms with Gasteiger partial charge in [-0.2, -0.15) is 8.78 Å². The van der Waals surface area contributed by atoms with Crippen molar-refractivity contribution in [1.82, 2.24) is 9.55 Å². The number of carbonyl (C=O) groups is 1. The lowest BCUT2D eigenvalue weighted by Gasteiger charge is -2.09. The standard InChI is InChI=1S/C21H13BrF3N3O/c22-13-7-10-15(16(23)11-13)20(29)26-14-8-5-12(6-9-14)19-27-17-3-1-2-4-18(17)28(19)21(24)25/h1-11,21H,(H,26,29). The predicted octanol–water partition coefficient (Wildman–Crippen LogP) is 6.25. The number of aromatic nitrogens is 2. The van der Waals surface area contributed by atoms with E-state index in [1.807, 2.05) is 0 Å². The molecule has 0 unspecified atom stereocenters. The summed E-state index contributed by atoms with van der Waals surface area (Å²) in [5.41, 5.74) is 1.57. The van der Waals surface area contributed by atoms with Crippen LogP contribution in [0.25, 0.3) is 22.4 Å². The first-order valence-electron chi connectivity index (χ1n) is 8.56. The number of nitrogens with zero attached hydrogens (tertiary/aromatic N) is 2. The van der Waals surface area contributed by atoms with Gasteiger partial charge in [-0.15, -0.1) is 0 Å². The maximum Gasteiger partial charge on any atom is 0.320 e. The number of hydrogen-bond acceptors (Lipinski definition) is 2. The maximum absolute atomic E-state index is 13.9. The van der Waals surface area contributed by atoms with Gasteiger partial charge >= 0.3 is 6.55 Å². The monoisotopic (exact) mass is 459 g/mol. The van der Waals surface area contributed by atoms with E-state index >= 15 is 0 Å². The molecule has 0 saturated heterocycles. The Labute approximate surface area is 172 Å². The molecule has 4 aromatic rings. The molecule has 1 N–H and O–H groups in total. The van der Waals surface area contributed by atoms with Gasteiger partial charge in [-0.25, -0.2) is 9.37 Å². The summed E-state index contributed by atoms with van der Waals surface area (Å²) >= 11 is 3.14. The van der Waals surface area contributed by atoms with Gasteiger partial charge in [0.25, 0.3) is 5.91 Å². The van der Waals surface area contributed by atoms with Crippen molar-refractivity contribution < 1.29 is 18.0 Å². The fourth-order valence-corrected chi connectivity index (χ4v) is 3.35. The van der Waals surface area contributed by atoms with Crippen LogP contribution < -0.4 is 5.32 Å². The third-order valence-corrected chi connectivity index (χ3v) is 4.86. The summed E-state index contributed by atoms with van der Waals surface area (Å²) in [6, 6.07) is 17.1. The average molecular weight is 460 g/mol. The second-order valence-corrected chi connectivity index (χ2v) is 7.14. The molecule has 3 aromatic carbocycles. The van der Waals surface area contributed by atoms with Crippen molar-refractivity contribution >= 4 is 38.6 Å². The Morgan fingerprint density at radius 2 is 1.76 bits per heavy atom. The second-order valence-electron chi connectivity index (χ2n) is 6.23. The number of hydrogen-bond donors (Lipinski definition) is 1. The summed E-state index contributed by atoms with van der Waals surface area (Å²) in [4.78, 5) is 16.6. The van der Waals surface area contributed by atoms with Gasteiger partial charge in [-0.1, -0.05) is 28.1 Å². The van der Waals surface area contributed by atoms with Crippen LogP contribution in [0.4, 0.5) is 18.9 Å². The molecule has 0 radical (unpaired) electrons. The summed E-state index contributed by atoms with van der Waals surface area (Å²) in [6.07, 6.45) is 0.